The molecular formula is C24H32N4O9S3. The highest BCUT2D eigenvalue weighted by molar-refractivity contribution is 8.01. The van der Waals surface area contributed by atoms with Gasteiger partial charge in [0.2, 0.25) is 5.91 Å². The standard InChI is InChI=1S/C24H32N4O9S3/c1-12-9-39-22(25-12)40-11-13-10-38-20-24(36-5,19(34)28(20)16(13)18(32)33)27-15(29)8-6-7-14(17(30)31)26-21(35)37-23(2,3)4/h9,14,20H,6-8,10-11H2,1-5H3,(H,26,35)(H,27,29)(H,30,31)(H,32,33)/t14?,20-,24-/m0/s1. The SMILES string of the molecule is CO[C@@]1(NC(=O)CCCC(NC(=O)OC(C)(C)C)C(=O)O)C(=O)N2C(C(=O)O)=C(CSc3nc(C)cs3)CS[C@H]21. The van der Waals surface area contributed by atoms with E-state index in [-0.39, 0.29) is 25.0 Å². The van der Waals surface area contributed by atoms with Gasteiger partial charge in [-0.1, -0.05) is 11.8 Å². The fourth-order valence-electron chi connectivity index (χ4n) is 4.05. The number of alkyl carbamates (subject to hydrolysis) is 1. The second-order valence-electron chi connectivity index (χ2n) is 10.1. The number of hydrogen-bond acceptors (Lipinski definition) is 11. The van der Waals surface area contributed by atoms with Crippen LogP contribution in [0.1, 0.15) is 45.7 Å². The summed E-state index contributed by atoms with van der Waals surface area (Å²) < 4.78 is 11.3. The predicted molar refractivity (Wildman–Crippen MR) is 148 cm³/mol. The van der Waals surface area contributed by atoms with Crippen LogP contribution in [0.2, 0.25) is 0 Å². The summed E-state index contributed by atoms with van der Waals surface area (Å²) in [4.78, 5) is 67.2. The van der Waals surface area contributed by atoms with Gasteiger partial charge < -0.3 is 30.3 Å². The van der Waals surface area contributed by atoms with Gasteiger partial charge in [-0.05, 0) is 46.1 Å². The average Bonchev–Trinajstić information content (AvgIpc) is 3.28. The lowest BCUT2D eigenvalue weighted by atomic mass is 9.98. The summed E-state index contributed by atoms with van der Waals surface area (Å²) in [7, 11) is 1.25. The minimum absolute atomic E-state index is 0.0637. The molecule has 1 saturated heterocycles. The fourth-order valence-corrected chi connectivity index (χ4v) is 7.47. The number of thiazole rings is 1. The number of aryl methyl sites for hydroxylation is 1. The zero-order chi connectivity index (χ0) is 29.8. The number of nitrogens with one attached hydrogen (secondary N) is 2. The van der Waals surface area contributed by atoms with E-state index in [0.717, 1.165) is 14.9 Å². The number of carboxylic acids is 2. The lowest BCUT2D eigenvalue weighted by Gasteiger charge is -2.55. The Morgan fingerprint density at radius 2 is 2.00 bits per heavy atom. The maximum atomic E-state index is 13.2. The summed E-state index contributed by atoms with van der Waals surface area (Å²) in [6.45, 7) is 6.80. The minimum Gasteiger partial charge on any atom is -0.480 e. The van der Waals surface area contributed by atoms with Gasteiger partial charge in [0.1, 0.15) is 27.1 Å². The van der Waals surface area contributed by atoms with Crippen molar-refractivity contribution in [1.29, 1.82) is 0 Å². The number of ether oxygens (including phenoxy) is 2. The van der Waals surface area contributed by atoms with Crippen molar-refractivity contribution >= 4 is 64.7 Å². The Labute approximate surface area is 243 Å². The molecule has 13 nitrogen and oxygen atoms in total. The number of methoxy groups -OCH3 is 1. The van der Waals surface area contributed by atoms with Gasteiger partial charge in [0.05, 0.1) is 0 Å². The van der Waals surface area contributed by atoms with Crippen molar-refractivity contribution in [2.75, 3.05) is 18.6 Å². The number of thioether (sulfide) groups is 2. The molecule has 3 atom stereocenters. The second kappa shape index (κ2) is 12.8. The molecule has 40 heavy (non-hydrogen) atoms. The molecule has 0 aliphatic carbocycles. The number of carboxylic acid groups (broad SMARTS) is 2. The zero-order valence-electron chi connectivity index (χ0n) is 22.6. The Balaban J connectivity index is 1.61. The van der Waals surface area contributed by atoms with E-state index in [9.17, 15) is 34.2 Å². The van der Waals surface area contributed by atoms with Gasteiger partial charge in [0.25, 0.3) is 11.6 Å². The molecule has 2 aliphatic heterocycles. The topological polar surface area (TPSA) is 184 Å². The molecular weight excluding hydrogens is 584 g/mol. The smallest absolute Gasteiger partial charge is 0.408 e. The molecule has 1 unspecified atom stereocenters. The van der Waals surface area contributed by atoms with E-state index in [1.165, 1.54) is 42.0 Å². The summed E-state index contributed by atoms with van der Waals surface area (Å²) in [6, 6.07) is -1.28. The number of aromatic nitrogens is 1. The lowest BCUT2D eigenvalue weighted by Crippen LogP contribution is -2.80. The van der Waals surface area contributed by atoms with Crippen molar-refractivity contribution in [3.05, 3.63) is 22.3 Å². The molecule has 1 fully saturated rings. The van der Waals surface area contributed by atoms with Gasteiger partial charge in [-0.25, -0.2) is 19.4 Å². The number of fused-ring (bicyclic) bond motifs is 1. The van der Waals surface area contributed by atoms with Gasteiger partial charge in [-0.2, -0.15) is 0 Å². The Hall–Kier alpha value is -2.82. The van der Waals surface area contributed by atoms with Crippen LogP contribution in [0.25, 0.3) is 0 Å². The van der Waals surface area contributed by atoms with E-state index in [2.05, 4.69) is 15.6 Å². The van der Waals surface area contributed by atoms with Crippen LogP contribution in [-0.2, 0) is 28.7 Å². The van der Waals surface area contributed by atoms with Crippen molar-refractivity contribution in [1.82, 2.24) is 20.5 Å². The molecule has 16 heteroatoms. The number of amides is 3. The van der Waals surface area contributed by atoms with Crippen LogP contribution in [0.5, 0.6) is 0 Å². The van der Waals surface area contributed by atoms with Crippen molar-refractivity contribution < 1.29 is 43.7 Å². The predicted octanol–water partition coefficient (Wildman–Crippen LogP) is 2.40. The molecule has 2 aliphatic rings. The van der Waals surface area contributed by atoms with Crippen LogP contribution < -0.4 is 10.6 Å². The Kier molecular flexibility index (Phi) is 10.1. The van der Waals surface area contributed by atoms with Crippen molar-refractivity contribution in [3.63, 3.8) is 0 Å². The number of hydrogen-bond donors (Lipinski definition) is 4. The van der Waals surface area contributed by atoms with Crippen LogP contribution in [0.15, 0.2) is 21.0 Å². The molecule has 1 aromatic rings. The van der Waals surface area contributed by atoms with Crippen LogP contribution >= 0.6 is 34.9 Å². The Morgan fingerprint density at radius 1 is 1.30 bits per heavy atom. The fraction of sp³-hybridized carbons (Fsp3) is 0.583. The Bertz CT molecular complexity index is 1210. The highest BCUT2D eigenvalue weighted by Gasteiger charge is 2.66. The maximum absolute atomic E-state index is 13.2. The van der Waals surface area contributed by atoms with E-state index in [0.29, 0.717) is 17.1 Å². The van der Waals surface area contributed by atoms with Crippen LogP contribution in [-0.4, -0.2) is 91.3 Å². The molecule has 0 aromatic carbocycles. The minimum atomic E-state index is -1.76. The maximum Gasteiger partial charge on any atom is 0.408 e. The van der Waals surface area contributed by atoms with Gasteiger partial charge >= 0.3 is 18.0 Å². The van der Waals surface area contributed by atoms with E-state index in [4.69, 9.17) is 9.47 Å². The zero-order valence-corrected chi connectivity index (χ0v) is 25.1. The average molecular weight is 617 g/mol. The van der Waals surface area contributed by atoms with Crippen LogP contribution in [0, 0.1) is 6.92 Å². The number of carbonyl (C=O) groups is 5. The molecule has 3 rings (SSSR count). The quantitative estimate of drug-likeness (QED) is 0.153. The third-order valence-corrected chi connectivity index (χ3v) is 9.41. The van der Waals surface area contributed by atoms with E-state index in [1.807, 2.05) is 12.3 Å². The lowest BCUT2D eigenvalue weighted by molar-refractivity contribution is -0.192. The first-order valence-corrected chi connectivity index (χ1v) is 15.1. The molecule has 0 spiro atoms. The molecule has 4 N–H and O–H groups in total. The summed E-state index contributed by atoms with van der Waals surface area (Å²) in [5.74, 6) is -3.18. The van der Waals surface area contributed by atoms with Crippen molar-refractivity contribution in [2.45, 2.75) is 74.0 Å². The largest absolute Gasteiger partial charge is 0.480 e. The first-order valence-electron chi connectivity index (χ1n) is 12.2. The van der Waals surface area contributed by atoms with Crippen LogP contribution in [0.3, 0.4) is 0 Å². The van der Waals surface area contributed by atoms with Gasteiger partial charge in [-0.3, -0.25) is 14.5 Å². The van der Waals surface area contributed by atoms with Crippen molar-refractivity contribution in [3.8, 4) is 0 Å². The molecule has 0 saturated carbocycles. The number of β-lactam (4-membered cyclic amide) rings is 1. The number of rotatable bonds is 12. The van der Waals surface area contributed by atoms with Gasteiger partial charge in [0, 0.05) is 36.1 Å². The van der Waals surface area contributed by atoms with Gasteiger partial charge in [-0.15, -0.1) is 23.1 Å². The first-order chi connectivity index (χ1) is 18.7. The summed E-state index contributed by atoms with van der Waals surface area (Å²) in [5, 5.41) is 25.3. The number of aliphatic carboxylic acids is 2. The van der Waals surface area contributed by atoms with E-state index < -0.39 is 52.6 Å². The highest BCUT2D eigenvalue weighted by atomic mass is 32.2. The summed E-state index contributed by atoms with van der Waals surface area (Å²) in [6.07, 6.45) is -1.04. The molecule has 3 heterocycles. The Morgan fingerprint density at radius 3 is 2.55 bits per heavy atom. The third-order valence-electron chi connectivity index (χ3n) is 5.81. The number of nitrogens with zero attached hydrogens (tertiary/aromatic N) is 2. The molecule has 1 aromatic heterocycles. The van der Waals surface area contributed by atoms with E-state index >= 15 is 0 Å². The first kappa shape index (κ1) is 31.7. The highest BCUT2D eigenvalue weighted by Crippen LogP contribution is 2.47. The van der Waals surface area contributed by atoms with Crippen molar-refractivity contribution in [2.24, 2.45) is 0 Å². The third kappa shape index (κ3) is 7.27. The molecule has 3 amide bonds. The molecule has 0 radical (unpaired) electrons. The number of carbonyl (C=O) groups excluding carboxylic acids is 3. The molecule has 0 bridgehead atoms. The van der Waals surface area contributed by atoms with Gasteiger partial charge in [0.15, 0.2) is 0 Å². The normalized spacial score (nSPS) is 21.3. The summed E-state index contributed by atoms with van der Waals surface area (Å²) in [5.41, 5.74) is -1.26. The van der Waals surface area contributed by atoms with Crippen LogP contribution in [0.4, 0.5) is 4.79 Å². The summed E-state index contributed by atoms with van der Waals surface area (Å²) >= 11 is 4.13. The van der Waals surface area contributed by atoms with E-state index in [1.54, 1.807) is 20.8 Å². The monoisotopic (exact) mass is 616 g/mol. The molecule has 220 valence electrons. The second-order valence-corrected chi connectivity index (χ2v) is 13.2.